The Morgan fingerprint density at radius 2 is 1.14 bits per heavy atom. The van der Waals surface area contributed by atoms with Gasteiger partial charge in [0.05, 0.1) is 0 Å². The zero-order valence-electron chi connectivity index (χ0n) is 35.4. The maximum Gasteiger partial charge on any atom is 0.326 e. The van der Waals surface area contributed by atoms with Crippen LogP contribution in [0.25, 0.3) is 11.1 Å². The number of aliphatic carboxylic acids is 1. The van der Waals surface area contributed by atoms with E-state index in [1.807, 2.05) is 78.2 Å². The van der Waals surface area contributed by atoms with Crippen molar-refractivity contribution in [3.05, 3.63) is 184 Å². The van der Waals surface area contributed by atoms with Crippen LogP contribution in [-0.2, 0) is 60.9 Å². The molecule has 65 heavy (non-hydrogen) atoms. The summed E-state index contributed by atoms with van der Waals surface area (Å²) < 4.78 is 5.79. The first-order valence-electron chi connectivity index (χ1n) is 21.3. The predicted molar refractivity (Wildman–Crippen MR) is 247 cm³/mol. The van der Waals surface area contributed by atoms with Gasteiger partial charge in [-0.1, -0.05) is 133 Å². The number of ether oxygens (including phenoxy) is 1. The van der Waals surface area contributed by atoms with E-state index in [0.29, 0.717) is 28.0 Å². The highest BCUT2D eigenvalue weighted by Crippen LogP contribution is 2.21. The lowest BCUT2D eigenvalue weighted by Crippen LogP contribution is -2.60. The van der Waals surface area contributed by atoms with Crippen LogP contribution in [0.5, 0.6) is 5.75 Å². The van der Waals surface area contributed by atoms with E-state index < -0.39 is 72.3 Å². The average molecular weight is 892 g/mol. The van der Waals surface area contributed by atoms with Crippen molar-refractivity contribution in [1.29, 1.82) is 0 Å². The van der Waals surface area contributed by atoms with Crippen LogP contribution in [0, 0.1) is 0 Å². The van der Waals surface area contributed by atoms with Crippen molar-refractivity contribution in [2.45, 2.75) is 62.3 Å². The fraction of sp³-hybridized carbons (Fsp3) is 0.216. The number of benzene rings is 5. The molecule has 13 nitrogen and oxygen atoms in total. The van der Waals surface area contributed by atoms with Crippen LogP contribution in [0.3, 0.4) is 0 Å². The number of carbonyl (C=O) groups excluding carboxylic acids is 5. The quantitative estimate of drug-likeness (QED) is 0.0942. The molecule has 2 bridgehead atoms. The van der Waals surface area contributed by atoms with Crippen LogP contribution >= 0.6 is 11.3 Å². The molecule has 6 N–H and O–H groups in total. The minimum atomic E-state index is -1.32. The van der Waals surface area contributed by atoms with Gasteiger partial charge in [-0.3, -0.25) is 24.0 Å². The number of rotatable bonds is 12. The van der Waals surface area contributed by atoms with Crippen molar-refractivity contribution in [1.82, 2.24) is 26.6 Å². The minimum absolute atomic E-state index is 0.00798. The Hall–Kier alpha value is -7.58. The number of thiophene rings is 1. The highest BCUT2D eigenvalue weighted by atomic mass is 32.1. The van der Waals surface area contributed by atoms with Gasteiger partial charge in [0, 0.05) is 37.0 Å². The third kappa shape index (κ3) is 13.2. The zero-order chi connectivity index (χ0) is 45.5. The molecule has 8 rings (SSSR count). The molecule has 332 valence electrons. The number of hydrogen-bond acceptors (Lipinski definition) is 8. The Morgan fingerprint density at radius 3 is 1.72 bits per heavy atom. The fourth-order valence-corrected chi connectivity index (χ4v) is 8.25. The Labute approximate surface area is 380 Å². The van der Waals surface area contributed by atoms with Crippen LogP contribution in [0.2, 0.25) is 0 Å². The van der Waals surface area contributed by atoms with Gasteiger partial charge in [0.2, 0.25) is 23.6 Å². The lowest BCUT2D eigenvalue weighted by molar-refractivity contribution is -0.142. The molecule has 0 fully saturated rings. The van der Waals surface area contributed by atoms with Crippen molar-refractivity contribution in [2.24, 2.45) is 0 Å². The number of amides is 5. The zero-order valence-corrected chi connectivity index (χ0v) is 36.2. The number of carboxylic acids is 1. The molecule has 6 aromatic rings. The standard InChI is InChI=1S/C51H49N5O8S/c57-46-32-64-39-24-20-36(21-25-39)29-43(49(60)56-45(51(62)63)30-34-13-6-2-7-14-34)54-47(58)41(27-33-11-4-1-5-12-33)53-48(59)42(55-50(61)44(52-46)31-40-17-10-26-65-40)28-35-18-22-38(23-19-35)37-15-8-3-9-16-37/h1-26,41-45H,27-32H2,(H,52,57)(H,53,59)(H,54,58)(H,55,61)(H,56,60)(H,62,63)/t41-,42+,43-,44-,45-/m0/s1. The normalized spacial score (nSPS) is 18.8. The van der Waals surface area contributed by atoms with Crippen LogP contribution < -0.4 is 31.3 Å². The molecule has 14 heteroatoms. The number of nitrogens with one attached hydrogen (secondary N) is 5. The largest absolute Gasteiger partial charge is 0.484 e. The van der Waals surface area contributed by atoms with Crippen molar-refractivity contribution in [2.75, 3.05) is 6.61 Å². The van der Waals surface area contributed by atoms with E-state index in [2.05, 4.69) is 26.6 Å². The van der Waals surface area contributed by atoms with Crippen molar-refractivity contribution < 1.29 is 38.6 Å². The lowest BCUT2D eigenvalue weighted by atomic mass is 9.99. The van der Waals surface area contributed by atoms with E-state index in [-0.39, 0.29) is 32.1 Å². The van der Waals surface area contributed by atoms with E-state index in [0.717, 1.165) is 16.0 Å². The van der Waals surface area contributed by atoms with Crippen LogP contribution in [0.1, 0.15) is 27.1 Å². The van der Waals surface area contributed by atoms with Gasteiger partial charge in [-0.25, -0.2) is 4.79 Å². The summed E-state index contributed by atoms with van der Waals surface area (Å²) in [4.78, 5) is 84.4. The van der Waals surface area contributed by atoms with E-state index in [1.54, 1.807) is 78.9 Å². The Bertz CT molecular complexity index is 2540. The van der Waals surface area contributed by atoms with E-state index in [9.17, 15) is 33.9 Å². The van der Waals surface area contributed by atoms with Gasteiger partial charge < -0.3 is 36.4 Å². The molecule has 2 aliphatic rings. The van der Waals surface area contributed by atoms with Gasteiger partial charge in [0.15, 0.2) is 6.61 Å². The average Bonchev–Trinajstić information content (AvgIpc) is 3.84. The molecule has 0 saturated carbocycles. The summed E-state index contributed by atoms with van der Waals surface area (Å²) in [6.07, 6.45) is 0.0933. The molecule has 2 aliphatic heterocycles. The Balaban J connectivity index is 1.22. The highest BCUT2D eigenvalue weighted by molar-refractivity contribution is 7.09. The SMILES string of the molecule is O=C1COc2ccc(cc2)C[C@@H](C(=O)N[C@@H](Cc2ccccc2)C(=O)O)NC(=O)[C@H](Cc2ccccc2)NC(=O)[C@@H](Cc2ccc(-c3ccccc3)cc2)NC(=O)[C@H](Cc2cccs2)N1. The molecule has 5 atom stereocenters. The van der Waals surface area contributed by atoms with Gasteiger partial charge in [-0.15, -0.1) is 11.3 Å². The summed E-state index contributed by atoms with van der Waals surface area (Å²) in [6, 6.07) is 39.2. The molecule has 0 radical (unpaired) electrons. The summed E-state index contributed by atoms with van der Waals surface area (Å²) in [6.45, 7) is -0.425. The van der Waals surface area contributed by atoms with Gasteiger partial charge in [0.1, 0.15) is 36.0 Å². The van der Waals surface area contributed by atoms with Crippen molar-refractivity contribution in [3.63, 3.8) is 0 Å². The second kappa shape index (κ2) is 22.2. The Morgan fingerprint density at radius 1 is 0.600 bits per heavy atom. The minimum Gasteiger partial charge on any atom is -0.484 e. The second-order valence-electron chi connectivity index (χ2n) is 15.8. The smallest absolute Gasteiger partial charge is 0.326 e. The summed E-state index contributed by atoms with van der Waals surface area (Å²) >= 11 is 1.42. The molecule has 0 aliphatic carbocycles. The molecule has 5 amide bonds. The summed E-state index contributed by atoms with van der Waals surface area (Å²) in [5.41, 5.74) is 4.64. The topological polar surface area (TPSA) is 192 Å². The van der Waals surface area contributed by atoms with Crippen molar-refractivity contribution >= 4 is 46.8 Å². The molecular weight excluding hydrogens is 843 g/mol. The lowest BCUT2D eigenvalue weighted by Gasteiger charge is -2.27. The predicted octanol–water partition coefficient (Wildman–Crippen LogP) is 4.83. The Kier molecular flexibility index (Phi) is 15.5. The number of hydrogen-bond donors (Lipinski definition) is 6. The van der Waals surface area contributed by atoms with Crippen LogP contribution in [0.4, 0.5) is 0 Å². The monoisotopic (exact) mass is 891 g/mol. The van der Waals surface area contributed by atoms with Gasteiger partial charge in [-0.05, 0) is 57.0 Å². The first-order chi connectivity index (χ1) is 31.6. The molecule has 5 aromatic carbocycles. The van der Waals surface area contributed by atoms with E-state index >= 15 is 0 Å². The van der Waals surface area contributed by atoms with Gasteiger partial charge >= 0.3 is 5.97 Å². The third-order valence-corrected chi connectivity index (χ3v) is 11.8. The molecular formula is C51H49N5O8S. The maximum absolute atomic E-state index is 14.7. The first kappa shape index (κ1) is 45.4. The molecule has 1 aromatic heterocycles. The first-order valence-corrected chi connectivity index (χ1v) is 22.1. The maximum atomic E-state index is 14.7. The van der Waals surface area contributed by atoms with Gasteiger partial charge in [0.25, 0.3) is 5.91 Å². The van der Waals surface area contributed by atoms with Crippen LogP contribution in [-0.4, -0.2) is 77.4 Å². The molecule has 3 heterocycles. The number of carboxylic acid groups (broad SMARTS) is 1. The van der Waals surface area contributed by atoms with Gasteiger partial charge in [-0.2, -0.15) is 0 Å². The second-order valence-corrected chi connectivity index (χ2v) is 16.8. The summed E-state index contributed by atoms with van der Waals surface area (Å²) in [7, 11) is 0. The highest BCUT2D eigenvalue weighted by Gasteiger charge is 2.33. The molecule has 0 saturated heterocycles. The fourth-order valence-electron chi connectivity index (χ4n) is 7.50. The summed E-state index contributed by atoms with van der Waals surface area (Å²) in [5, 5.41) is 26.0. The third-order valence-electron chi connectivity index (χ3n) is 10.9. The molecule has 0 spiro atoms. The van der Waals surface area contributed by atoms with Crippen molar-refractivity contribution in [3.8, 4) is 16.9 Å². The number of fused-ring (bicyclic) bond motifs is 16. The van der Waals surface area contributed by atoms with E-state index in [1.165, 1.54) is 11.3 Å². The molecule has 0 unspecified atom stereocenters. The van der Waals surface area contributed by atoms with Crippen LogP contribution in [0.15, 0.2) is 157 Å². The van der Waals surface area contributed by atoms with E-state index in [4.69, 9.17) is 4.74 Å². The summed E-state index contributed by atoms with van der Waals surface area (Å²) in [5.74, 6) is -4.28. The number of carbonyl (C=O) groups is 6.